The van der Waals surface area contributed by atoms with Gasteiger partial charge >= 0.3 is 0 Å². The minimum Gasteiger partial charge on any atom is -0.494 e. The van der Waals surface area contributed by atoms with E-state index in [-0.39, 0.29) is 23.8 Å². The third kappa shape index (κ3) is 8.26. The number of rotatable bonds is 14. The van der Waals surface area contributed by atoms with Crippen LogP contribution in [-0.4, -0.2) is 50.9 Å². The lowest BCUT2D eigenvalue weighted by Gasteiger charge is -2.33. The highest BCUT2D eigenvalue weighted by molar-refractivity contribution is 7.92. The van der Waals surface area contributed by atoms with Crippen LogP contribution >= 0.6 is 0 Å². The molecule has 4 rings (SSSR count). The van der Waals surface area contributed by atoms with Crippen molar-refractivity contribution in [3.8, 4) is 5.75 Å². The molecule has 0 saturated carbocycles. The third-order valence-corrected chi connectivity index (χ3v) is 8.93. The number of nitrogens with zero attached hydrogens (tertiary/aromatic N) is 2. The van der Waals surface area contributed by atoms with E-state index in [1.807, 2.05) is 75.4 Å². The number of amides is 2. The zero-order valence-electron chi connectivity index (χ0n) is 25.3. The number of anilines is 1. The normalized spacial score (nSPS) is 11.8. The molecule has 1 N–H and O–H groups in total. The van der Waals surface area contributed by atoms with Crippen LogP contribution in [0, 0.1) is 6.92 Å². The van der Waals surface area contributed by atoms with Crippen molar-refractivity contribution in [2.75, 3.05) is 24.0 Å². The fourth-order valence-corrected chi connectivity index (χ4v) is 6.28. The average molecular weight is 614 g/mol. The number of benzene rings is 4. The van der Waals surface area contributed by atoms with E-state index < -0.39 is 28.5 Å². The molecule has 44 heavy (non-hydrogen) atoms. The number of aryl methyl sites for hydroxylation is 1. The van der Waals surface area contributed by atoms with Gasteiger partial charge in [-0.1, -0.05) is 78.4 Å². The number of hydrogen-bond acceptors (Lipinski definition) is 5. The number of sulfonamides is 1. The fraction of sp³-hybridized carbons (Fsp3) is 0.257. The molecular formula is C35H39N3O5S. The van der Waals surface area contributed by atoms with Crippen molar-refractivity contribution in [3.63, 3.8) is 0 Å². The molecule has 0 fully saturated rings. The van der Waals surface area contributed by atoms with Gasteiger partial charge in [-0.05, 0) is 68.3 Å². The Morgan fingerprint density at radius 1 is 0.795 bits per heavy atom. The molecule has 2 amide bonds. The molecule has 0 spiro atoms. The Hall–Kier alpha value is -4.63. The first-order valence-corrected chi connectivity index (χ1v) is 16.1. The summed E-state index contributed by atoms with van der Waals surface area (Å²) in [6, 6.07) is 31.0. The lowest BCUT2D eigenvalue weighted by Crippen LogP contribution is -2.53. The van der Waals surface area contributed by atoms with Crippen molar-refractivity contribution in [1.29, 1.82) is 0 Å². The van der Waals surface area contributed by atoms with E-state index >= 15 is 0 Å². The maximum Gasteiger partial charge on any atom is 0.264 e. The van der Waals surface area contributed by atoms with Gasteiger partial charge in [-0.15, -0.1) is 0 Å². The van der Waals surface area contributed by atoms with Crippen LogP contribution in [0.5, 0.6) is 5.75 Å². The molecule has 230 valence electrons. The van der Waals surface area contributed by atoms with E-state index in [0.717, 1.165) is 21.0 Å². The van der Waals surface area contributed by atoms with Gasteiger partial charge in [0, 0.05) is 19.5 Å². The summed E-state index contributed by atoms with van der Waals surface area (Å²) in [5.74, 6) is -0.266. The van der Waals surface area contributed by atoms with Gasteiger partial charge in [0.15, 0.2) is 0 Å². The Morgan fingerprint density at radius 3 is 2.00 bits per heavy atom. The van der Waals surface area contributed by atoms with E-state index in [4.69, 9.17) is 4.74 Å². The van der Waals surface area contributed by atoms with Crippen LogP contribution in [0.2, 0.25) is 0 Å². The second-order valence-corrected chi connectivity index (χ2v) is 12.2. The fourth-order valence-electron chi connectivity index (χ4n) is 4.86. The molecule has 4 aromatic carbocycles. The number of likely N-dealkylation sites (N-methyl/N-ethyl adjacent to an activating group) is 1. The number of para-hydroxylation sites is 1. The van der Waals surface area contributed by atoms with Crippen LogP contribution < -0.4 is 14.4 Å². The minimum absolute atomic E-state index is 0.0206. The molecule has 1 atom stereocenters. The predicted molar refractivity (Wildman–Crippen MR) is 173 cm³/mol. The highest BCUT2D eigenvalue weighted by atomic mass is 32.2. The van der Waals surface area contributed by atoms with Crippen molar-refractivity contribution < 1.29 is 22.7 Å². The quantitative estimate of drug-likeness (QED) is 0.207. The molecule has 0 radical (unpaired) electrons. The highest BCUT2D eigenvalue weighted by Gasteiger charge is 2.34. The maximum atomic E-state index is 14.4. The topological polar surface area (TPSA) is 96.0 Å². The molecule has 0 saturated heterocycles. The summed E-state index contributed by atoms with van der Waals surface area (Å²) in [5.41, 5.74) is 3.11. The summed E-state index contributed by atoms with van der Waals surface area (Å²) in [5, 5.41) is 2.88. The molecule has 9 heteroatoms. The lowest BCUT2D eigenvalue weighted by atomic mass is 10.0. The Morgan fingerprint density at radius 2 is 1.41 bits per heavy atom. The molecule has 8 nitrogen and oxygen atoms in total. The van der Waals surface area contributed by atoms with Crippen LogP contribution in [0.1, 0.15) is 30.5 Å². The standard InChI is InChI=1S/C35H39N3O5S/c1-4-36-35(40)33(24-28-12-8-6-9-13-28)37(25-29-18-16-27(3)17-19-29)34(39)26-38(30-14-10-7-11-15-30)44(41,42)32-22-20-31(21-23-32)43-5-2/h6-23,33H,4-5,24-26H2,1-3H3,(H,36,40). The van der Waals surface area contributed by atoms with Crippen molar-refractivity contribution in [2.24, 2.45) is 0 Å². The molecule has 0 aliphatic rings. The van der Waals surface area contributed by atoms with E-state index in [1.165, 1.54) is 17.0 Å². The first kappa shape index (κ1) is 32.3. The number of hydrogen-bond donors (Lipinski definition) is 1. The molecule has 0 aromatic heterocycles. The SMILES string of the molecule is CCNC(=O)C(Cc1ccccc1)N(Cc1ccc(C)cc1)C(=O)CN(c1ccccc1)S(=O)(=O)c1ccc(OCC)cc1. The maximum absolute atomic E-state index is 14.4. The predicted octanol–water partition coefficient (Wildman–Crippen LogP) is 5.37. The highest BCUT2D eigenvalue weighted by Crippen LogP contribution is 2.26. The summed E-state index contributed by atoms with van der Waals surface area (Å²) in [7, 11) is -4.18. The minimum atomic E-state index is -4.18. The molecular weight excluding hydrogens is 574 g/mol. The lowest BCUT2D eigenvalue weighted by molar-refractivity contribution is -0.140. The van der Waals surface area contributed by atoms with Gasteiger partial charge in [-0.25, -0.2) is 8.42 Å². The van der Waals surface area contributed by atoms with Gasteiger partial charge in [-0.3, -0.25) is 13.9 Å². The summed E-state index contributed by atoms with van der Waals surface area (Å²) in [6.45, 7) is 6.10. The van der Waals surface area contributed by atoms with Gasteiger partial charge in [-0.2, -0.15) is 0 Å². The van der Waals surface area contributed by atoms with Crippen molar-refractivity contribution >= 4 is 27.5 Å². The molecule has 1 unspecified atom stereocenters. The average Bonchev–Trinajstić information content (AvgIpc) is 3.03. The van der Waals surface area contributed by atoms with Gasteiger partial charge < -0.3 is 15.0 Å². The van der Waals surface area contributed by atoms with Crippen LogP contribution in [0.15, 0.2) is 114 Å². The molecule has 4 aromatic rings. The Labute approximate surface area is 260 Å². The second kappa shape index (κ2) is 15.2. The van der Waals surface area contributed by atoms with Crippen LogP contribution in [0.4, 0.5) is 5.69 Å². The van der Waals surface area contributed by atoms with Gasteiger partial charge in [0.25, 0.3) is 10.0 Å². The monoisotopic (exact) mass is 613 g/mol. The summed E-state index contributed by atoms with van der Waals surface area (Å²) >= 11 is 0. The number of carbonyl (C=O) groups excluding carboxylic acids is 2. The molecule has 0 bridgehead atoms. The summed E-state index contributed by atoms with van der Waals surface area (Å²) in [4.78, 5) is 29.4. The number of nitrogens with one attached hydrogen (secondary N) is 1. The smallest absolute Gasteiger partial charge is 0.264 e. The largest absolute Gasteiger partial charge is 0.494 e. The van der Waals surface area contributed by atoms with E-state index in [0.29, 0.717) is 24.6 Å². The van der Waals surface area contributed by atoms with E-state index in [2.05, 4.69) is 5.32 Å². The zero-order chi connectivity index (χ0) is 31.5. The van der Waals surface area contributed by atoms with Crippen molar-refractivity contribution in [1.82, 2.24) is 10.2 Å². The molecule has 0 aliphatic heterocycles. The zero-order valence-corrected chi connectivity index (χ0v) is 26.2. The van der Waals surface area contributed by atoms with Crippen molar-refractivity contribution in [3.05, 3.63) is 126 Å². The molecule has 0 heterocycles. The first-order valence-electron chi connectivity index (χ1n) is 14.7. The first-order chi connectivity index (χ1) is 21.2. The third-order valence-electron chi connectivity index (χ3n) is 7.14. The van der Waals surface area contributed by atoms with Gasteiger partial charge in [0.05, 0.1) is 17.2 Å². The van der Waals surface area contributed by atoms with Crippen LogP contribution in [0.25, 0.3) is 0 Å². The van der Waals surface area contributed by atoms with E-state index in [1.54, 1.807) is 42.5 Å². The van der Waals surface area contributed by atoms with Gasteiger partial charge in [0.2, 0.25) is 11.8 Å². The Kier molecular flexibility index (Phi) is 11.2. The summed E-state index contributed by atoms with van der Waals surface area (Å²) in [6.07, 6.45) is 0.265. The van der Waals surface area contributed by atoms with Crippen molar-refractivity contribution in [2.45, 2.75) is 44.7 Å². The summed E-state index contributed by atoms with van der Waals surface area (Å²) < 4.78 is 34.8. The molecule has 0 aliphatic carbocycles. The Balaban J connectivity index is 1.76. The van der Waals surface area contributed by atoms with E-state index in [9.17, 15) is 18.0 Å². The number of ether oxygens (including phenoxy) is 1. The number of carbonyl (C=O) groups is 2. The Bertz CT molecular complexity index is 1610. The van der Waals surface area contributed by atoms with Crippen LogP contribution in [-0.2, 0) is 32.6 Å². The van der Waals surface area contributed by atoms with Crippen LogP contribution in [0.3, 0.4) is 0 Å². The van der Waals surface area contributed by atoms with Gasteiger partial charge in [0.1, 0.15) is 18.3 Å². The second-order valence-electron chi connectivity index (χ2n) is 10.4.